The first-order chi connectivity index (χ1) is 8.74. The van der Waals surface area contributed by atoms with Gasteiger partial charge in [-0.05, 0) is 31.2 Å². The lowest BCUT2D eigenvalue weighted by molar-refractivity contribution is 0.715. The Morgan fingerprint density at radius 2 is 2.17 bits per heavy atom. The number of nitrogens with zero attached hydrogens (tertiary/aromatic N) is 1. The lowest BCUT2D eigenvalue weighted by Gasteiger charge is -2.04. The maximum atomic E-state index is 6.18. The van der Waals surface area contributed by atoms with E-state index >= 15 is 0 Å². The Kier molecular flexibility index (Phi) is 3.29. The molecule has 94 valence electrons. The summed E-state index contributed by atoms with van der Waals surface area (Å²) in [6.07, 6.45) is 2.95. The van der Waals surface area contributed by atoms with Crippen LogP contribution in [0.25, 0.3) is 11.3 Å². The molecule has 0 bridgehead atoms. The zero-order valence-corrected chi connectivity index (χ0v) is 11.2. The van der Waals surface area contributed by atoms with Crippen LogP contribution >= 0.6 is 23.2 Å². The summed E-state index contributed by atoms with van der Waals surface area (Å²) in [6, 6.07) is 5.44. The fraction of sp³-hybridized carbons (Fsp3) is 0.308. The molecular weight excluding hydrogens is 269 g/mol. The lowest BCUT2D eigenvalue weighted by atomic mass is 10.1. The van der Waals surface area contributed by atoms with Crippen molar-refractivity contribution >= 4 is 23.2 Å². The molecule has 0 spiro atoms. The van der Waals surface area contributed by atoms with E-state index in [4.69, 9.17) is 23.2 Å². The summed E-state index contributed by atoms with van der Waals surface area (Å²) in [5, 5.41) is 4.69. The first kappa shape index (κ1) is 12.0. The van der Waals surface area contributed by atoms with Crippen LogP contribution in [0.15, 0.2) is 24.4 Å². The van der Waals surface area contributed by atoms with Crippen molar-refractivity contribution in [3.8, 4) is 11.3 Å². The number of H-pyrrole nitrogens is 1. The van der Waals surface area contributed by atoms with Crippen LogP contribution in [0.3, 0.4) is 0 Å². The monoisotopic (exact) mass is 281 g/mol. The van der Waals surface area contributed by atoms with Crippen LogP contribution in [0.2, 0.25) is 10.0 Å². The van der Waals surface area contributed by atoms with Gasteiger partial charge in [-0.15, -0.1) is 0 Å². The highest BCUT2D eigenvalue weighted by Gasteiger charge is 2.20. The molecule has 3 rings (SSSR count). The van der Waals surface area contributed by atoms with Gasteiger partial charge in [0.15, 0.2) is 0 Å². The third-order valence-electron chi connectivity index (χ3n) is 3.26. The number of nitrogens with one attached hydrogen (secondary N) is 2. The maximum absolute atomic E-state index is 6.18. The molecule has 18 heavy (non-hydrogen) atoms. The van der Waals surface area contributed by atoms with Crippen LogP contribution < -0.4 is 5.32 Å². The van der Waals surface area contributed by atoms with E-state index < -0.39 is 0 Å². The van der Waals surface area contributed by atoms with Gasteiger partial charge in [-0.2, -0.15) is 0 Å². The van der Waals surface area contributed by atoms with Crippen molar-refractivity contribution in [2.24, 2.45) is 0 Å². The Morgan fingerprint density at radius 1 is 1.28 bits per heavy atom. The van der Waals surface area contributed by atoms with Crippen LogP contribution in [0, 0.1) is 0 Å². The Bertz CT molecular complexity index is 559. The van der Waals surface area contributed by atoms with Gasteiger partial charge in [0.05, 0.1) is 16.9 Å². The number of halogens is 2. The summed E-state index contributed by atoms with van der Waals surface area (Å²) in [6.45, 7) is 2.04. The molecule has 0 amide bonds. The molecule has 1 aliphatic heterocycles. The molecular formula is C13H13Cl2N3. The minimum Gasteiger partial charge on any atom is -0.342 e. The van der Waals surface area contributed by atoms with Crippen LogP contribution in [-0.2, 0) is 0 Å². The summed E-state index contributed by atoms with van der Waals surface area (Å²) in [4.78, 5) is 7.79. The summed E-state index contributed by atoms with van der Waals surface area (Å²) >= 11 is 12.2. The molecule has 5 heteroatoms. The second-order valence-electron chi connectivity index (χ2n) is 4.50. The highest BCUT2D eigenvalue weighted by Crippen LogP contribution is 2.30. The summed E-state index contributed by atoms with van der Waals surface area (Å²) in [7, 11) is 0. The largest absolute Gasteiger partial charge is 0.342 e. The molecule has 1 saturated heterocycles. The van der Waals surface area contributed by atoms with Crippen molar-refractivity contribution in [1.82, 2.24) is 15.3 Å². The van der Waals surface area contributed by atoms with E-state index in [1.54, 1.807) is 12.1 Å². The Morgan fingerprint density at radius 3 is 2.94 bits per heavy atom. The first-order valence-electron chi connectivity index (χ1n) is 5.95. The van der Waals surface area contributed by atoms with Crippen molar-refractivity contribution in [3.05, 3.63) is 40.3 Å². The van der Waals surface area contributed by atoms with E-state index in [2.05, 4.69) is 15.3 Å². The predicted octanol–water partition coefficient (Wildman–Crippen LogP) is 3.46. The topological polar surface area (TPSA) is 40.7 Å². The van der Waals surface area contributed by atoms with Crippen LogP contribution in [0.1, 0.15) is 18.2 Å². The Hall–Kier alpha value is -1.03. The Balaban J connectivity index is 1.94. The van der Waals surface area contributed by atoms with E-state index in [-0.39, 0.29) is 0 Å². The minimum absolute atomic E-state index is 0.469. The van der Waals surface area contributed by atoms with E-state index in [0.29, 0.717) is 16.0 Å². The highest BCUT2D eigenvalue weighted by atomic mass is 35.5. The number of benzene rings is 1. The van der Waals surface area contributed by atoms with Gasteiger partial charge in [0, 0.05) is 23.0 Å². The minimum atomic E-state index is 0.469. The average Bonchev–Trinajstić information content (AvgIpc) is 3.00. The zero-order valence-electron chi connectivity index (χ0n) is 9.71. The third kappa shape index (κ3) is 2.26. The van der Waals surface area contributed by atoms with Gasteiger partial charge in [0.2, 0.25) is 0 Å². The third-order valence-corrected chi connectivity index (χ3v) is 3.83. The molecule has 0 aliphatic carbocycles. The van der Waals surface area contributed by atoms with Crippen molar-refractivity contribution in [1.29, 1.82) is 0 Å². The van der Waals surface area contributed by atoms with E-state index in [1.165, 1.54) is 0 Å². The molecule has 2 N–H and O–H groups in total. The molecule has 1 aromatic heterocycles. The molecule has 1 fully saturated rings. The van der Waals surface area contributed by atoms with Gasteiger partial charge in [-0.25, -0.2) is 4.98 Å². The second-order valence-corrected chi connectivity index (χ2v) is 5.34. The van der Waals surface area contributed by atoms with Gasteiger partial charge in [-0.1, -0.05) is 23.2 Å². The first-order valence-corrected chi connectivity index (χ1v) is 6.70. The second kappa shape index (κ2) is 4.92. The van der Waals surface area contributed by atoms with Crippen LogP contribution in [0.4, 0.5) is 0 Å². The van der Waals surface area contributed by atoms with Crippen molar-refractivity contribution in [2.45, 2.75) is 12.3 Å². The van der Waals surface area contributed by atoms with Crippen LogP contribution in [0.5, 0.6) is 0 Å². The molecule has 2 aromatic rings. The number of aromatic amines is 1. The van der Waals surface area contributed by atoms with Gasteiger partial charge in [0.25, 0.3) is 0 Å². The number of hydrogen-bond acceptors (Lipinski definition) is 2. The molecule has 0 radical (unpaired) electrons. The Labute approximate surface area is 116 Å². The normalized spacial score (nSPS) is 19.3. The summed E-state index contributed by atoms with van der Waals surface area (Å²) in [5.74, 6) is 1.49. The average molecular weight is 282 g/mol. The summed E-state index contributed by atoms with van der Waals surface area (Å²) in [5.41, 5.74) is 1.82. The van der Waals surface area contributed by atoms with Crippen molar-refractivity contribution < 1.29 is 0 Å². The molecule has 1 atom stereocenters. The molecule has 1 unspecified atom stereocenters. The standard InChI is InChI=1S/C13H13Cl2N3/c14-9-1-2-11(15)10(5-9)12-7-17-13(18-12)8-3-4-16-6-8/h1-2,5,7-8,16H,3-4,6H2,(H,17,18). The van der Waals surface area contributed by atoms with E-state index in [1.807, 2.05) is 12.3 Å². The van der Waals surface area contributed by atoms with Crippen LogP contribution in [-0.4, -0.2) is 23.1 Å². The van der Waals surface area contributed by atoms with Gasteiger partial charge < -0.3 is 10.3 Å². The number of rotatable bonds is 2. The fourth-order valence-corrected chi connectivity index (χ4v) is 2.66. The zero-order chi connectivity index (χ0) is 12.5. The number of aromatic nitrogens is 2. The van der Waals surface area contributed by atoms with Gasteiger partial charge >= 0.3 is 0 Å². The molecule has 0 saturated carbocycles. The molecule has 2 heterocycles. The smallest absolute Gasteiger partial charge is 0.110 e. The highest BCUT2D eigenvalue weighted by molar-refractivity contribution is 6.35. The van der Waals surface area contributed by atoms with Gasteiger partial charge in [-0.3, -0.25) is 0 Å². The van der Waals surface area contributed by atoms with Crippen molar-refractivity contribution in [2.75, 3.05) is 13.1 Å². The van der Waals surface area contributed by atoms with Crippen molar-refractivity contribution in [3.63, 3.8) is 0 Å². The molecule has 1 aromatic carbocycles. The predicted molar refractivity (Wildman–Crippen MR) is 74.3 cm³/mol. The number of hydrogen-bond donors (Lipinski definition) is 2. The summed E-state index contributed by atoms with van der Waals surface area (Å²) < 4.78 is 0. The van der Waals surface area contributed by atoms with E-state index in [0.717, 1.165) is 36.6 Å². The maximum Gasteiger partial charge on any atom is 0.110 e. The quantitative estimate of drug-likeness (QED) is 0.885. The SMILES string of the molecule is Clc1ccc(Cl)c(-c2cnc(C3CCNC3)[nH]2)c1. The molecule has 1 aliphatic rings. The van der Waals surface area contributed by atoms with E-state index in [9.17, 15) is 0 Å². The fourth-order valence-electron chi connectivity index (χ4n) is 2.27. The van der Waals surface area contributed by atoms with Gasteiger partial charge in [0.1, 0.15) is 5.82 Å². The lowest BCUT2D eigenvalue weighted by Crippen LogP contribution is -2.08. The molecule has 3 nitrogen and oxygen atoms in total. The number of imidazole rings is 1.